The van der Waals surface area contributed by atoms with Gasteiger partial charge < -0.3 is 20.3 Å². The zero-order valence-corrected chi connectivity index (χ0v) is 28.0. The van der Waals surface area contributed by atoms with Crippen molar-refractivity contribution in [1.29, 1.82) is 0 Å². The van der Waals surface area contributed by atoms with E-state index in [9.17, 15) is 14.4 Å². The predicted molar refractivity (Wildman–Crippen MR) is 175 cm³/mol. The molecule has 0 heterocycles. The molecule has 0 saturated heterocycles. The molecule has 3 unspecified atom stereocenters. The van der Waals surface area contributed by atoms with E-state index in [1.807, 2.05) is 63.2 Å². The van der Waals surface area contributed by atoms with Crippen LogP contribution in [0.5, 0.6) is 0 Å². The van der Waals surface area contributed by atoms with E-state index >= 15 is 0 Å². The SMILES string of the molecule is CCCCCNC(=O)C(c1cc(C)cc(C)c1)N(C(=O)C(Cc1ccccc1)NC(=O)OC(C)(C)C)C(C)CCC(C)C. The zero-order valence-electron chi connectivity index (χ0n) is 28.0. The van der Waals surface area contributed by atoms with Crippen molar-refractivity contribution in [1.82, 2.24) is 15.5 Å². The van der Waals surface area contributed by atoms with Crippen molar-refractivity contribution in [3.8, 4) is 0 Å². The number of unbranched alkanes of at least 4 members (excludes halogenated alkanes) is 2. The van der Waals surface area contributed by atoms with Gasteiger partial charge in [0.1, 0.15) is 17.7 Å². The molecule has 0 fully saturated rings. The van der Waals surface area contributed by atoms with Gasteiger partial charge in [0.25, 0.3) is 0 Å². The molecular formula is C36H55N3O4. The number of alkyl carbamates (subject to hydrolysis) is 1. The first kappa shape index (κ1) is 35.8. The third-order valence-electron chi connectivity index (χ3n) is 7.33. The predicted octanol–water partition coefficient (Wildman–Crippen LogP) is 7.44. The minimum absolute atomic E-state index is 0.207. The van der Waals surface area contributed by atoms with E-state index < -0.39 is 23.8 Å². The van der Waals surface area contributed by atoms with Gasteiger partial charge in [0, 0.05) is 19.0 Å². The standard InChI is InChI=1S/C36H55N3O4/c1-10-11-15-20-37-33(40)32(30-22-26(4)21-27(5)23-30)39(28(6)19-18-25(2)3)34(41)31(24-29-16-13-12-14-17-29)38-35(42)43-36(7,8)9/h12-14,16-17,21-23,25,28,31-32H,10-11,15,18-20,24H2,1-9H3,(H,37,40)(H,38,42). The fourth-order valence-corrected chi connectivity index (χ4v) is 5.28. The Balaban J connectivity index is 2.64. The Hall–Kier alpha value is -3.35. The molecule has 3 amide bonds. The highest BCUT2D eigenvalue weighted by Crippen LogP contribution is 2.29. The summed E-state index contributed by atoms with van der Waals surface area (Å²) in [5.74, 6) is -0.0812. The van der Waals surface area contributed by atoms with Crippen molar-refractivity contribution >= 4 is 17.9 Å². The second-order valence-electron chi connectivity index (χ2n) is 13.3. The minimum atomic E-state index is -0.931. The van der Waals surface area contributed by atoms with E-state index in [0.29, 0.717) is 12.5 Å². The van der Waals surface area contributed by atoms with Crippen LogP contribution in [0.4, 0.5) is 4.79 Å². The number of amides is 3. The lowest BCUT2D eigenvalue weighted by Gasteiger charge is -2.39. The summed E-state index contributed by atoms with van der Waals surface area (Å²) in [6, 6.07) is 13.6. The normalized spacial score (nSPS) is 13.6. The number of benzene rings is 2. The number of nitrogens with one attached hydrogen (secondary N) is 2. The first-order chi connectivity index (χ1) is 20.2. The quantitative estimate of drug-likeness (QED) is 0.210. The molecule has 2 rings (SSSR count). The molecule has 3 atom stereocenters. The Morgan fingerprint density at radius 3 is 2.09 bits per heavy atom. The number of rotatable bonds is 15. The van der Waals surface area contributed by atoms with Gasteiger partial charge in [0.05, 0.1) is 0 Å². The van der Waals surface area contributed by atoms with Crippen LogP contribution in [0.25, 0.3) is 0 Å². The zero-order chi connectivity index (χ0) is 32.2. The Bertz CT molecular complexity index is 1150. The van der Waals surface area contributed by atoms with Crippen LogP contribution in [0.15, 0.2) is 48.5 Å². The van der Waals surface area contributed by atoms with Crippen LogP contribution in [0.1, 0.15) is 109 Å². The number of hydrogen-bond acceptors (Lipinski definition) is 4. The maximum Gasteiger partial charge on any atom is 0.408 e. The summed E-state index contributed by atoms with van der Waals surface area (Å²) < 4.78 is 5.58. The van der Waals surface area contributed by atoms with Crippen molar-refractivity contribution in [2.24, 2.45) is 5.92 Å². The molecule has 43 heavy (non-hydrogen) atoms. The maximum atomic E-state index is 14.8. The van der Waals surface area contributed by atoms with Gasteiger partial charge >= 0.3 is 6.09 Å². The smallest absolute Gasteiger partial charge is 0.408 e. The van der Waals surface area contributed by atoms with Gasteiger partial charge in [0.15, 0.2) is 0 Å². The largest absolute Gasteiger partial charge is 0.444 e. The van der Waals surface area contributed by atoms with Crippen LogP contribution in [0, 0.1) is 19.8 Å². The first-order valence-corrected chi connectivity index (χ1v) is 15.9. The molecule has 2 N–H and O–H groups in total. The summed E-state index contributed by atoms with van der Waals surface area (Å²) in [5.41, 5.74) is 2.99. The molecule has 0 aromatic heterocycles. The third kappa shape index (κ3) is 12.4. The number of carbonyl (C=O) groups excluding carboxylic acids is 3. The highest BCUT2D eigenvalue weighted by molar-refractivity contribution is 5.92. The van der Waals surface area contributed by atoms with Gasteiger partial charge in [-0.15, -0.1) is 0 Å². The fraction of sp³-hybridized carbons (Fsp3) is 0.583. The molecule has 2 aromatic carbocycles. The fourth-order valence-electron chi connectivity index (χ4n) is 5.28. The van der Waals surface area contributed by atoms with Crippen molar-refractivity contribution < 1.29 is 19.1 Å². The van der Waals surface area contributed by atoms with E-state index in [0.717, 1.165) is 54.4 Å². The minimum Gasteiger partial charge on any atom is -0.444 e. The van der Waals surface area contributed by atoms with Crippen LogP contribution < -0.4 is 10.6 Å². The topological polar surface area (TPSA) is 87.7 Å². The van der Waals surface area contributed by atoms with Gasteiger partial charge in [-0.3, -0.25) is 9.59 Å². The van der Waals surface area contributed by atoms with E-state index in [1.165, 1.54) is 0 Å². The number of ether oxygens (including phenoxy) is 1. The van der Waals surface area contributed by atoms with E-state index in [2.05, 4.69) is 37.5 Å². The molecular weight excluding hydrogens is 538 g/mol. The van der Waals surface area contributed by atoms with Gasteiger partial charge in [-0.2, -0.15) is 0 Å². The van der Waals surface area contributed by atoms with Crippen LogP contribution in [0.3, 0.4) is 0 Å². The average molecular weight is 594 g/mol. The molecule has 2 aromatic rings. The van der Waals surface area contributed by atoms with Gasteiger partial charge in [-0.1, -0.05) is 93.3 Å². The number of hydrogen-bond donors (Lipinski definition) is 2. The van der Waals surface area contributed by atoms with Crippen molar-refractivity contribution in [2.75, 3.05) is 6.54 Å². The van der Waals surface area contributed by atoms with E-state index in [-0.39, 0.29) is 24.3 Å². The summed E-state index contributed by atoms with van der Waals surface area (Å²) in [4.78, 5) is 43.6. The first-order valence-electron chi connectivity index (χ1n) is 15.9. The summed E-state index contributed by atoms with van der Waals surface area (Å²) in [7, 11) is 0. The molecule has 0 spiro atoms. The van der Waals surface area contributed by atoms with Crippen molar-refractivity contribution in [3.05, 3.63) is 70.8 Å². The molecule has 238 valence electrons. The monoisotopic (exact) mass is 593 g/mol. The van der Waals surface area contributed by atoms with Crippen LogP contribution in [0.2, 0.25) is 0 Å². The Labute approximate surface area is 260 Å². The highest BCUT2D eigenvalue weighted by Gasteiger charge is 2.39. The Morgan fingerprint density at radius 2 is 1.53 bits per heavy atom. The van der Waals surface area contributed by atoms with Crippen molar-refractivity contribution in [3.63, 3.8) is 0 Å². The second-order valence-corrected chi connectivity index (χ2v) is 13.3. The van der Waals surface area contributed by atoms with Crippen LogP contribution >= 0.6 is 0 Å². The molecule has 0 radical (unpaired) electrons. The number of carbonyl (C=O) groups is 3. The van der Waals surface area contributed by atoms with Gasteiger partial charge in [-0.25, -0.2) is 4.79 Å². The lowest BCUT2D eigenvalue weighted by Crippen LogP contribution is -2.56. The lowest BCUT2D eigenvalue weighted by molar-refractivity contribution is -0.145. The number of aryl methyl sites for hydroxylation is 2. The summed E-state index contributed by atoms with van der Waals surface area (Å²) >= 11 is 0. The summed E-state index contributed by atoms with van der Waals surface area (Å²) in [6.45, 7) is 18.4. The molecule has 0 bridgehead atoms. The van der Waals surface area contributed by atoms with Gasteiger partial charge in [-0.05, 0) is 77.8 Å². The molecule has 0 aliphatic rings. The maximum absolute atomic E-state index is 14.8. The summed E-state index contributed by atoms with van der Waals surface area (Å²) in [5, 5.41) is 5.99. The summed E-state index contributed by atoms with van der Waals surface area (Å²) in [6.07, 6.45) is 4.15. The molecule has 7 heteroatoms. The van der Waals surface area contributed by atoms with Crippen LogP contribution in [-0.4, -0.2) is 47.0 Å². The Kier molecular flexibility index (Phi) is 14.2. The van der Waals surface area contributed by atoms with Crippen LogP contribution in [-0.2, 0) is 20.7 Å². The molecule has 0 saturated carbocycles. The van der Waals surface area contributed by atoms with E-state index in [4.69, 9.17) is 4.74 Å². The van der Waals surface area contributed by atoms with E-state index in [1.54, 1.807) is 25.7 Å². The number of nitrogens with zero attached hydrogens (tertiary/aromatic N) is 1. The molecule has 7 nitrogen and oxygen atoms in total. The van der Waals surface area contributed by atoms with Gasteiger partial charge in [0.2, 0.25) is 11.8 Å². The average Bonchev–Trinajstić information content (AvgIpc) is 2.90. The molecule has 0 aliphatic carbocycles. The Morgan fingerprint density at radius 1 is 0.907 bits per heavy atom. The highest BCUT2D eigenvalue weighted by atomic mass is 16.6. The lowest BCUT2D eigenvalue weighted by atomic mass is 9.94. The second kappa shape index (κ2) is 17.1. The third-order valence-corrected chi connectivity index (χ3v) is 7.33. The van der Waals surface area contributed by atoms with Crippen molar-refractivity contribution in [2.45, 2.75) is 125 Å². The molecule has 0 aliphatic heterocycles.